The summed E-state index contributed by atoms with van der Waals surface area (Å²) < 4.78 is 0. The van der Waals surface area contributed by atoms with Gasteiger partial charge in [0.15, 0.2) is 0 Å². The molecule has 0 radical (unpaired) electrons. The second-order valence-corrected chi connectivity index (χ2v) is 4.13. The minimum Gasteiger partial charge on any atom is -0.343 e. The molecule has 0 fully saturated rings. The van der Waals surface area contributed by atoms with Crippen LogP contribution in [-0.2, 0) is 4.79 Å². The highest BCUT2D eigenvalue weighted by molar-refractivity contribution is 5.78. The van der Waals surface area contributed by atoms with Crippen molar-refractivity contribution in [2.75, 3.05) is 13.1 Å². The molecule has 2 heteroatoms. The van der Waals surface area contributed by atoms with Gasteiger partial charge in [0, 0.05) is 19.0 Å². The SMILES string of the molecule is CCCCCCN(CC)C(=O)C(C)C. The van der Waals surface area contributed by atoms with Crippen molar-refractivity contribution in [2.45, 2.75) is 53.4 Å². The molecule has 0 N–H and O–H groups in total. The topological polar surface area (TPSA) is 20.3 Å². The Labute approximate surface area is 88.7 Å². The zero-order valence-corrected chi connectivity index (χ0v) is 10.2. The predicted molar refractivity (Wildman–Crippen MR) is 61.2 cm³/mol. The zero-order chi connectivity index (χ0) is 11.0. The number of nitrogens with zero attached hydrogens (tertiary/aromatic N) is 1. The highest BCUT2D eigenvalue weighted by Gasteiger charge is 2.14. The molecule has 0 saturated heterocycles. The number of hydrogen-bond acceptors (Lipinski definition) is 1. The fourth-order valence-electron chi connectivity index (χ4n) is 1.52. The molecule has 0 aromatic carbocycles. The van der Waals surface area contributed by atoms with Crippen LogP contribution in [0.1, 0.15) is 53.4 Å². The number of rotatable bonds is 7. The molecule has 14 heavy (non-hydrogen) atoms. The van der Waals surface area contributed by atoms with Crippen molar-refractivity contribution in [3.63, 3.8) is 0 Å². The van der Waals surface area contributed by atoms with Crippen LogP contribution in [0.2, 0.25) is 0 Å². The largest absolute Gasteiger partial charge is 0.343 e. The molecule has 0 aromatic heterocycles. The highest BCUT2D eigenvalue weighted by atomic mass is 16.2. The van der Waals surface area contributed by atoms with E-state index in [2.05, 4.69) is 13.8 Å². The Morgan fingerprint density at radius 2 is 1.79 bits per heavy atom. The van der Waals surface area contributed by atoms with Gasteiger partial charge in [-0.3, -0.25) is 4.79 Å². The summed E-state index contributed by atoms with van der Waals surface area (Å²) in [7, 11) is 0. The first-order valence-electron chi connectivity index (χ1n) is 5.92. The lowest BCUT2D eigenvalue weighted by molar-refractivity contribution is -0.134. The summed E-state index contributed by atoms with van der Waals surface area (Å²) in [6.07, 6.45) is 4.94. The van der Waals surface area contributed by atoms with Crippen LogP contribution in [-0.4, -0.2) is 23.9 Å². The molecule has 2 nitrogen and oxygen atoms in total. The minimum atomic E-state index is 0.140. The predicted octanol–water partition coefficient (Wildman–Crippen LogP) is 3.07. The lowest BCUT2D eigenvalue weighted by Crippen LogP contribution is -2.34. The van der Waals surface area contributed by atoms with E-state index in [1.165, 1.54) is 19.3 Å². The van der Waals surface area contributed by atoms with E-state index in [0.717, 1.165) is 19.5 Å². The van der Waals surface area contributed by atoms with E-state index < -0.39 is 0 Å². The molecule has 1 amide bonds. The fourth-order valence-corrected chi connectivity index (χ4v) is 1.52. The van der Waals surface area contributed by atoms with Gasteiger partial charge in [0.05, 0.1) is 0 Å². The number of amides is 1. The molecule has 0 aliphatic rings. The van der Waals surface area contributed by atoms with Crippen molar-refractivity contribution < 1.29 is 4.79 Å². The van der Waals surface area contributed by atoms with Crippen molar-refractivity contribution in [2.24, 2.45) is 5.92 Å². The van der Waals surface area contributed by atoms with E-state index in [1.54, 1.807) is 0 Å². The first-order valence-corrected chi connectivity index (χ1v) is 5.92. The van der Waals surface area contributed by atoms with Crippen LogP contribution in [0, 0.1) is 5.92 Å². The maximum absolute atomic E-state index is 11.7. The first kappa shape index (κ1) is 13.5. The Hall–Kier alpha value is -0.530. The summed E-state index contributed by atoms with van der Waals surface area (Å²) >= 11 is 0. The third-order valence-electron chi connectivity index (χ3n) is 2.47. The Morgan fingerprint density at radius 1 is 1.14 bits per heavy atom. The van der Waals surface area contributed by atoms with Gasteiger partial charge in [-0.15, -0.1) is 0 Å². The van der Waals surface area contributed by atoms with Gasteiger partial charge in [0.2, 0.25) is 5.91 Å². The van der Waals surface area contributed by atoms with Crippen molar-refractivity contribution in [1.82, 2.24) is 4.90 Å². The number of carbonyl (C=O) groups is 1. The summed E-state index contributed by atoms with van der Waals surface area (Å²) in [5.41, 5.74) is 0. The lowest BCUT2D eigenvalue weighted by atomic mass is 10.1. The smallest absolute Gasteiger partial charge is 0.225 e. The maximum atomic E-state index is 11.7. The standard InChI is InChI=1S/C12H25NO/c1-5-7-8-9-10-13(6-2)12(14)11(3)4/h11H,5-10H2,1-4H3. The van der Waals surface area contributed by atoms with Gasteiger partial charge in [-0.25, -0.2) is 0 Å². The number of unbranched alkanes of at least 4 members (excludes halogenated alkanes) is 3. The van der Waals surface area contributed by atoms with E-state index in [-0.39, 0.29) is 5.92 Å². The van der Waals surface area contributed by atoms with Crippen LogP contribution in [0.5, 0.6) is 0 Å². The molecule has 0 aliphatic heterocycles. The Kier molecular flexibility index (Phi) is 7.54. The monoisotopic (exact) mass is 199 g/mol. The Bertz CT molecular complexity index is 154. The summed E-state index contributed by atoms with van der Waals surface area (Å²) in [5, 5.41) is 0. The quantitative estimate of drug-likeness (QED) is 0.577. The summed E-state index contributed by atoms with van der Waals surface area (Å²) in [6.45, 7) is 9.99. The van der Waals surface area contributed by atoms with Crippen LogP contribution in [0.15, 0.2) is 0 Å². The molecular formula is C12H25NO. The lowest BCUT2D eigenvalue weighted by Gasteiger charge is -2.22. The highest BCUT2D eigenvalue weighted by Crippen LogP contribution is 2.05. The van der Waals surface area contributed by atoms with Crippen molar-refractivity contribution in [3.05, 3.63) is 0 Å². The minimum absolute atomic E-state index is 0.140. The molecule has 0 spiro atoms. The van der Waals surface area contributed by atoms with Gasteiger partial charge in [-0.2, -0.15) is 0 Å². The van der Waals surface area contributed by atoms with E-state index in [9.17, 15) is 4.79 Å². The van der Waals surface area contributed by atoms with Gasteiger partial charge < -0.3 is 4.90 Å². The zero-order valence-electron chi connectivity index (χ0n) is 10.2. The molecule has 0 aliphatic carbocycles. The molecule has 0 heterocycles. The summed E-state index contributed by atoms with van der Waals surface area (Å²) in [5.74, 6) is 0.435. The normalized spacial score (nSPS) is 10.6. The van der Waals surface area contributed by atoms with Gasteiger partial charge in [0.1, 0.15) is 0 Å². The van der Waals surface area contributed by atoms with E-state index in [1.807, 2.05) is 18.7 Å². The Balaban J connectivity index is 3.73. The fraction of sp³-hybridized carbons (Fsp3) is 0.917. The number of carbonyl (C=O) groups excluding carboxylic acids is 1. The average molecular weight is 199 g/mol. The van der Waals surface area contributed by atoms with Crippen molar-refractivity contribution in [3.8, 4) is 0 Å². The average Bonchev–Trinajstić information content (AvgIpc) is 2.17. The maximum Gasteiger partial charge on any atom is 0.225 e. The van der Waals surface area contributed by atoms with Gasteiger partial charge >= 0.3 is 0 Å². The van der Waals surface area contributed by atoms with Crippen LogP contribution in [0.4, 0.5) is 0 Å². The second kappa shape index (κ2) is 7.84. The van der Waals surface area contributed by atoms with Crippen LogP contribution >= 0.6 is 0 Å². The molecule has 0 rings (SSSR count). The van der Waals surface area contributed by atoms with E-state index >= 15 is 0 Å². The van der Waals surface area contributed by atoms with Gasteiger partial charge in [-0.1, -0.05) is 40.0 Å². The van der Waals surface area contributed by atoms with E-state index in [4.69, 9.17) is 0 Å². The molecule has 0 aromatic rings. The Morgan fingerprint density at radius 3 is 2.21 bits per heavy atom. The van der Waals surface area contributed by atoms with Crippen molar-refractivity contribution >= 4 is 5.91 Å². The van der Waals surface area contributed by atoms with Crippen molar-refractivity contribution in [1.29, 1.82) is 0 Å². The molecular weight excluding hydrogens is 174 g/mol. The number of hydrogen-bond donors (Lipinski definition) is 0. The van der Waals surface area contributed by atoms with E-state index in [0.29, 0.717) is 5.91 Å². The van der Waals surface area contributed by atoms with Gasteiger partial charge in [-0.05, 0) is 13.3 Å². The van der Waals surface area contributed by atoms with Crippen LogP contribution in [0.25, 0.3) is 0 Å². The molecule has 0 bridgehead atoms. The second-order valence-electron chi connectivity index (χ2n) is 4.13. The first-order chi connectivity index (χ1) is 6.63. The molecule has 0 unspecified atom stereocenters. The summed E-state index contributed by atoms with van der Waals surface area (Å²) in [4.78, 5) is 13.6. The van der Waals surface area contributed by atoms with Crippen LogP contribution in [0.3, 0.4) is 0 Å². The van der Waals surface area contributed by atoms with Crippen LogP contribution < -0.4 is 0 Å². The molecule has 0 saturated carbocycles. The molecule has 0 atom stereocenters. The third kappa shape index (κ3) is 5.25. The molecule has 84 valence electrons. The summed E-state index contributed by atoms with van der Waals surface area (Å²) in [6, 6.07) is 0. The van der Waals surface area contributed by atoms with Gasteiger partial charge in [0.25, 0.3) is 0 Å². The third-order valence-corrected chi connectivity index (χ3v) is 2.47.